The number of hydrogen-bond acceptors (Lipinski definition) is 3. The van der Waals surface area contributed by atoms with Crippen molar-refractivity contribution in [1.29, 1.82) is 0 Å². The molecule has 88 valence electrons. The Kier molecular flexibility index (Phi) is 3.25. The third kappa shape index (κ3) is 2.73. The number of rotatable bonds is 3. The lowest BCUT2D eigenvalue weighted by molar-refractivity contribution is 0.281. The van der Waals surface area contributed by atoms with Gasteiger partial charge in [0.2, 0.25) is 0 Å². The lowest BCUT2D eigenvalue weighted by Gasteiger charge is -2.09. The Balaban J connectivity index is 2.25. The minimum Gasteiger partial charge on any atom is -0.455 e. The standard InChI is InChI=1S/C13H12FNO2/c14-10-4-5-13(12(15)7-10)17-11-3-1-2-9(6-11)8-16/h1-7,16H,8,15H2. The molecule has 0 unspecified atom stereocenters. The maximum atomic E-state index is 12.8. The van der Waals surface area contributed by atoms with E-state index in [0.717, 1.165) is 5.56 Å². The third-order valence-electron chi connectivity index (χ3n) is 2.28. The summed E-state index contributed by atoms with van der Waals surface area (Å²) in [5, 5.41) is 8.99. The fraction of sp³-hybridized carbons (Fsp3) is 0.0769. The maximum absolute atomic E-state index is 12.8. The number of halogens is 1. The summed E-state index contributed by atoms with van der Waals surface area (Å²) in [6.07, 6.45) is 0. The van der Waals surface area contributed by atoms with Gasteiger partial charge in [0.15, 0.2) is 5.75 Å². The molecule has 17 heavy (non-hydrogen) atoms. The maximum Gasteiger partial charge on any atom is 0.150 e. The molecule has 2 aromatic rings. The van der Waals surface area contributed by atoms with Crippen LogP contribution < -0.4 is 10.5 Å². The minimum absolute atomic E-state index is 0.0594. The number of hydrogen-bond donors (Lipinski definition) is 2. The molecule has 0 atom stereocenters. The molecule has 0 aliphatic rings. The van der Waals surface area contributed by atoms with Crippen LogP contribution in [0.1, 0.15) is 5.56 Å². The predicted molar refractivity (Wildman–Crippen MR) is 63.3 cm³/mol. The molecule has 3 nitrogen and oxygen atoms in total. The van der Waals surface area contributed by atoms with Crippen LogP contribution in [0.25, 0.3) is 0 Å². The van der Waals surface area contributed by atoms with Gasteiger partial charge in [-0.25, -0.2) is 4.39 Å². The van der Waals surface area contributed by atoms with E-state index < -0.39 is 5.82 Å². The van der Waals surface area contributed by atoms with E-state index in [1.165, 1.54) is 18.2 Å². The van der Waals surface area contributed by atoms with E-state index >= 15 is 0 Å². The average molecular weight is 233 g/mol. The fourth-order valence-electron chi connectivity index (χ4n) is 1.45. The van der Waals surface area contributed by atoms with Crippen LogP contribution in [0.2, 0.25) is 0 Å². The molecule has 3 N–H and O–H groups in total. The predicted octanol–water partition coefficient (Wildman–Crippen LogP) is 2.69. The first-order valence-corrected chi connectivity index (χ1v) is 5.12. The van der Waals surface area contributed by atoms with Crippen molar-refractivity contribution < 1.29 is 14.2 Å². The topological polar surface area (TPSA) is 55.5 Å². The number of benzene rings is 2. The Morgan fingerprint density at radius 2 is 2.00 bits per heavy atom. The van der Waals surface area contributed by atoms with Crippen LogP contribution in [0.3, 0.4) is 0 Å². The Labute approximate surface area is 98.3 Å². The van der Waals surface area contributed by atoms with Crippen molar-refractivity contribution in [3.8, 4) is 11.5 Å². The molecule has 0 aliphatic heterocycles. The van der Waals surface area contributed by atoms with E-state index in [-0.39, 0.29) is 12.3 Å². The first kappa shape index (κ1) is 11.4. The van der Waals surface area contributed by atoms with Crippen LogP contribution in [0.4, 0.5) is 10.1 Å². The van der Waals surface area contributed by atoms with Gasteiger partial charge in [0.1, 0.15) is 11.6 Å². The summed E-state index contributed by atoms with van der Waals surface area (Å²) in [5.74, 6) is 0.537. The zero-order valence-corrected chi connectivity index (χ0v) is 9.06. The molecule has 0 bridgehead atoms. The normalized spacial score (nSPS) is 10.2. The molecular weight excluding hydrogens is 221 g/mol. The molecule has 0 fully saturated rings. The molecular formula is C13H12FNO2. The smallest absolute Gasteiger partial charge is 0.150 e. The van der Waals surface area contributed by atoms with Crippen molar-refractivity contribution in [3.05, 3.63) is 53.8 Å². The van der Waals surface area contributed by atoms with E-state index in [0.29, 0.717) is 11.5 Å². The third-order valence-corrected chi connectivity index (χ3v) is 2.28. The molecule has 0 spiro atoms. The summed E-state index contributed by atoms with van der Waals surface area (Å²) < 4.78 is 18.3. The van der Waals surface area contributed by atoms with Crippen LogP contribution in [0.15, 0.2) is 42.5 Å². The number of aliphatic hydroxyl groups is 1. The summed E-state index contributed by atoms with van der Waals surface area (Å²) in [5.41, 5.74) is 6.60. The van der Waals surface area contributed by atoms with E-state index in [9.17, 15) is 4.39 Å². The Hall–Kier alpha value is -2.07. The number of aliphatic hydroxyl groups excluding tert-OH is 1. The SMILES string of the molecule is Nc1cc(F)ccc1Oc1cccc(CO)c1. The Morgan fingerprint density at radius 3 is 2.71 bits per heavy atom. The van der Waals surface area contributed by atoms with E-state index in [4.69, 9.17) is 15.6 Å². The molecule has 0 heterocycles. The molecule has 4 heteroatoms. The Morgan fingerprint density at radius 1 is 1.18 bits per heavy atom. The minimum atomic E-state index is -0.404. The van der Waals surface area contributed by atoms with E-state index in [2.05, 4.69) is 0 Å². The van der Waals surface area contributed by atoms with Gasteiger partial charge in [-0.2, -0.15) is 0 Å². The van der Waals surface area contributed by atoms with Crippen molar-refractivity contribution in [1.82, 2.24) is 0 Å². The first-order valence-electron chi connectivity index (χ1n) is 5.12. The van der Waals surface area contributed by atoms with Crippen LogP contribution in [-0.2, 0) is 6.61 Å². The zero-order valence-electron chi connectivity index (χ0n) is 9.06. The quantitative estimate of drug-likeness (QED) is 0.801. The highest BCUT2D eigenvalue weighted by molar-refractivity contribution is 5.54. The summed E-state index contributed by atoms with van der Waals surface area (Å²) >= 11 is 0. The number of nitrogen functional groups attached to an aromatic ring is 1. The van der Waals surface area contributed by atoms with Gasteiger partial charge >= 0.3 is 0 Å². The summed E-state index contributed by atoms with van der Waals surface area (Å²) in [4.78, 5) is 0. The largest absolute Gasteiger partial charge is 0.455 e. The van der Waals surface area contributed by atoms with Gasteiger partial charge in [-0.1, -0.05) is 12.1 Å². The van der Waals surface area contributed by atoms with Crippen molar-refractivity contribution in [2.45, 2.75) is 6.61 Å². The second-order valence-corrected chi connectivity index (χ2v) is 3.59. The van der Waals surface area contributed by atoms with Crippen molar-refractivity contribution >= 4 is 5.69 Å². The first-order chi connectivity index (χ1) is 8.19. The van der Waals surface area contributed by atoms with Crippen molar-refractivity contribution in [2.24, 2.45) is 0 Å². The molecule has 2 rings (SSSR count). The van der Waals surface area contributed by atoms with Gasteiger partial charge in [-0.15, -0.1) is 0 Å². The van der Waals surface area contributed by atoms with Crippen LogP contribution >= 0.6 is 0 Å². The summed E-state index contributed by atoms with van der Waals surface area (Å²) in [6, 6.07) is 10.9. The van der Waals surface area contributed by atoms with Crippen molar-refractivity contribution in [2.75, 3.05) is 5.73 Å². The van der Waals surface area contributed by atoms with Crippen molar-refractivity contribution in [3.63, 3.8) is 0 Å². The molecule has 2 aromatic carbocycles. The summed E-state index contributed by atoms with van der Waals surface area (Å²) in [7, 11) is 0. The zero-order chi connectivity index (χ0) is 12.3. The lowest BCUT2D eigenvalue weighted by atomic mass is 10.2. The van der Waals surface area contributed by atoms with Gasteiger partial charge in [0.25, 0.3) is 0 Å². The molecule has 0 amide bonds. The van der Waals surface area contributed by atoms with Crippen LogP contribution in [0, 0.1) is 5.82 Å². The highest BCUT2D eigenvalue weighted by atomic mass is 19.1. The van der Waals surface area contributed by atoms with Crippen LogP contribution in [0.5, 0.6) is 11.5 Å². The molecule has 0 saturated heterocycles. The van der Waals surface area contributed by atoms with Gasteiger partial charge in [0, 0.05) is 6.07 Å². The Bertz CT molecular complexity index is 529. The highest BCUT2D eigenvalue weighted by Crippen LogP contribution is 2.28. The molecule has 0 saturated carbocycles. The van der Waals surface area contributed by atoms with Gasteiger partial charge in [-0.05, 0) is 29.8 Å². The van der Waals surface area contributed by atoms with Crippen LogP contribution in [-0.4, -0.2) is 5.11 Å². The van der Waals surface area contributed by atoms with E-state index in [1.54, 1.807) is 24.3 Å². The molecule has 0 aliphatic carbocycles. The molecule has 0 radical (unpaired) electrons. The number of ether oxygens (including phenoxy) is 1. The monoisotopic (exact) mass is 233 g/mol. The number of anilines is 1. The van der Waals surface area contributed by atoms with Gasteiger partial charge in [-0.3, -0.25) is 0 Å². The second kappa shape index (κ2) is 4.84. The highest BCUT2D eigenvalue weighted by Gasteiger charge is 2.04. The number of nitrogens with two attached hydrogens (primary N) is 1. The average Bonchev–Trinajstić information content (AvgIpc) is 2.33. The lowest BCUT2D eigenvalue weighted by Crippen LogP contribution is -1.93. The fourth-order valence-corrected chi connectivity index (χ4v) is 1.45. The van der Waals surface area contributed by atoms with E-state index in [1.807, 2.05) is 0 Å². The van der Waals surface area contributed by atoms with Gasteiger partial charge < -0.3 is 15.6 Å². The van der Waals surface area contributed by atoms with Gasteiger partial charge in [0.05, 0.1) is 12.3 Å². The summed E-state index contributed by atoms with van der Waals surface area (Å²) in [6.45, 7) is -0.0594. The molecule has 0 aromatic heterocycles. The second-order valence-electron chi connectivity index (χ2n) is 3.59.